The van der Waals surface area contributed by atoms with Crippen molar-refractivity contribution in [3.8, 4) is 28.1 Å². The van der Waals surface area contributed by atoms with Crippen LogP contribution in [0.15, 0.2) is 72.8 Å². The number of alkyl halides is 3. The normalized spacial score (nSPS) is 11.6. The number of rotatable bonds is 11. The van der Waals surface area contributed by atoms with E-state index >= 15 is 0 Å². The number of carbonyl (C=O) groups is 1. The van der Waals surface area contributed by atoms with Crippen LogP contribution in [-0.2, 0) is 6.18 Å². The lowest BCUT2D eigenvalue weighted by Crippen LogP contribution is -2.06. The van der Waals surface area contributed by atoms with Crippen LogP contribution in [0.1, 0.15) is 61.4 Å². The standard InChI is InChI=1S/C31H30F3NO3/c1-2-3-4-5-6-7-18-38-25-15-12-22(13-16-25)21-8-10-23(11-9-21)29-20-27(30(36)37)26-19-24(31(32,33)34)14-17-28(26)35-29/h8-17,19-20H,2-7,18H2,1H3,(H,36,37). The van der Waals surface area contributed by atoms with Crippen molar-refractivity contribution in [2.45, 2.75) is 51.6 Å². The fourth-order valence-electron chi connectivity index (χ4n) is 4.38. The molecule has 7 heteroatoms. The number of pyridine rings is 1. The number of halogens is 3. The Kier molecular flexibility index (Phi) is 8.66. The quantitative estimate of drug-likeness (QED) is 0.200. The summed E-state index contributed by atoms with van der Waals surface area (Å²) in [5, 5.41) is 9.61. The van der Waals surface area contributed by atoms with Gasteiger partial charge in [0.1, 0.15) is 5.75 Å². The highest BCUT2D eigenvalue weighted by Gasteiger charge is 2.31. The summed E-state index contributed by atoms with van der Waals surface area (Å²) in [6, 6.07) is 19.6. The summed E-state index contributed by atoms with van der Waals surface area (Å²) in [5.74, 6) is -0.484. The van der Waals surface area contributed by atoms with E-state index in [0.29, 0.717) is 17.9 Å². The molecule has 0 unspecified atom stereocenters. The van der Waals surface area contributed by atoms with Crippen LogP contribution in [0.4, 0.5) is 13.2 Å². The lowest BCUT2D eigenvalue weighted by Gasteiger charge is -2.11. The van der Waals surface area contributed by atoms with Crippen molar-refractivity contribution in [2.75, 3.05) is 6.61 Å². The van der Waals surface area contributed by atoms with Gasteiger partial charge in [-0.1, -0.05) is 75.4 Å². The molecule has 3 aromatic carbocycles. The summed E-state index contributed by atoms with van der Waals surface area (Å²) in [6.45, 7) is 2.91. The molecule has 4 aromatic rings. The SMILES string of the molecule is CCCCCCCCOc1ccc(-c2ccc(-c3cc(C(=O)O)c4cc(C(F)(F)F)ccc4n3)cc2)cc1. The van der Waals surface area contributed by atoms with Gasteiger partial charge in [-0.15, -0.1) is 0 Å². The van der Waals surface area contributed by atoms with Gasteiger partial charge in [-0.3, -0.25) is 0 Å². The summed E-state index contributed by atoms with van der Waals surface area (Å²) >= 11 is 0. The van der Waals surface area contributed by atoms with E-state index in [-0.39, 0.29) is 16.5 Å². The van der Waals surface area contributed by atoms with E-state index < -0.39 is 17.7 Å². The van der Waals surface area contributed by atoms with Crippen LogP contribution in [-0.4, -0.2) is 22.7 Å². The van der Waals surface area contributed by atoms with Gasteiger partial charge in [-0.25, -0.2) is 9.78 Å². The number of hydrogen-bond acceptors (Lipinski definition) is 3. The van der Waals surface area contributed by atoms with Crippen molar-refractivity contribution >= 4 is 16.9 Å². The second kappa shape index (κ2) is 12.1. The number of nitrogens with zero attached hydrogens (tertiary/aromatic N) is 1. The minimum Gasteiger partial charge on any atom is -0.494 e. The fourth-order valence-corrected chi connectivity index (χ4v) is 4.38. The molecule has 0 spiro atoms. The maximum absolute atomic E-state index is 13.1. The Morgan fingerprint density at radius 3 is 2.05 bits per heavy atom. The molecule has 1 N–H and O–H groups in total. The van der Waals surface area contributed by atoms with Crippen molar-refractivity contribution in [3.05, 3.63) is 83.9 Å². The first-order valence-electron chi connectivity index (χ1n) is 12.8. The monoisotopic (exact) mass is 521 g/mol. The zero-order valence-electron chi connectivity index (χ0n) is 21.2. The average Bonchev–Trinajstić information content (AvgIpc) is 2.91. The zero-order valence-corrected chi connectivity index (χ0v) is 21.2. The summed E-state index contributed by atoms with van der Waals surface area (Å²) in [7, 11) is 0. The number of ether oxygens (including phenoxy) is 1. The first kappa shape index (κ1) is 27.2. The molecule has 0 fully saturated rings. The number of carboxylic acid groups (broad SMARTS) is 1. The van der Waals surface area contributed by atoms with Gasteiger partial charge in [-0.05, 0) is 53.9 Å². The second-order valence-corrected chi connectivity index (χ2v) is 9.31. The molecular weight excluding hydrogens is 491 g/mol. The number of unbranched alkanes of at least 4 members (excludes halogenated alkanes) is 5. The van der Waals surface area contributed by atoms with Crippen LogP contribution in [0.25, 0.3) is 33.3 Å². The van der Waals surface area contributed by atoms with E-state index in [9.17, 15) is 23.1 Å². The Morgan fingerprint density at radius 2 is 1.42 bits per heavy atom. The van der Waals surface area contributed by atoms with Crippen molar-refractivity contribution in [3.63, 3.8) is 0 Å². The van der Waals surface area contributed by atoms with Crippen LogP contribution in [0.3, 0.4) is 0 Å². The molecule has 0 amide bonds. The van der Waals surface area contributed by atoms with Gasteiger partial charge in [0.2, 0.25) is 0 Å². The van der Waals surface area contributed by atoms with E-state index in [4.69, 9.17) is 4.74 Å². The Balaban J connectivity index is 1.47. The minimum absolute atomic E-state index is 0.0495. The molecule has 4 nitrogen and oxygen atoms in total. The third-order valence-electron chi connectivity index (χ3n) is 6.50. The van der Waals surface area contributed by atoms with E-state index in [2.05, 4.69) is 11.9 Å². The minimum atomic E-state index is -4.57. The van der Waals surface area contributed by atoms with Crippen LogP contribution in [0, 0.1) is 0 Å². The summed E-state index contributed by atoms with van der Waals surface area (Å²) < 4.78 is 45.3. The first-order valence-corrected chi connectivity index (χ1v) is 12.8. The Morgan fingerprint density at radius 1 is 0.816 bits per heavy atom. The van der Waals surface area contributed by atoms with E-state index in [0.717, 1.165) is 35.4 Å². The van der Waals surface area contributed by atoms with Gasteiger partial charge >= 0.3 is 12.1 Å². The van der Waals surface area contributed by atoms with E-state index in [1.807, 2.05) is 48.5 Å². The van der Waals surface area contributed by atoms with Gasteiger partial charge in [0.15, 0.2) is 0 Å². The highest BCUT2D eigenvalue weighted by molar-refractivity contribution is 6.04. The number of aromatic nitrogens is 1. The zero-order chi connectivity index (χ0) is 27.1. The molecule has 0 aliphatic carbocycles. The van der Waals surface area contributed by atoms with Crippen LogP contribution < -0.4 is 4.74 Å². The van der Waals surface area contributed by atoms with Crippen LogP contribution >= 0.6 is 0 Å². The van der Waals surface area contributed by atoms with Gasteiger partial charge < -0.3 is 9.84 Å². The predicted molar refractivity (Wildman–Crippen MR) is 143 cm³/mol. The Labute approximate surface area is 220 Å². The highest BCUT2D eigenvalue weighted by atomic mass is 19.4. The number of fused-ring (bicyclic) bond motifs is 1. The van der Waals surface area contributed by atoms with E-state index in [1.54, 1.807) is 0 Å². The largest absolute Gasteiger partial charge is 0.494 e. The number of aromatic carboxylic acids is 1. The maximum Gasteiger partial charge on any atom is 0.416 e. The predicted octanol–water partition coefficient (Wildman–Crippen LogP) is 9.03. The van der Waals surface area contributed by atoms with Gasteiger partial charge in [0.25, 0.3) is 0 Å². The molecule has 0 radical (unpaired) electrons. The summed E-state index contributed by atoms with van der Waals surface area (Å²) in [6.07, 6.45) is 2.71. The molecule has 0 saturated carbocycles. The van der Waals surface area contributed by atoms with Crippen molar-refractivity contribution in [1.82, 2.24) is 4.98 Å². The smallest absolute Gasteiger partial charge is 0.416 e. The number of hydrogen-bond donors (Lipinski definition) is 1. The molecular formula is C31H30F3NO3. The maximum atomic E-state index is 13.1. The second-order valence-electron chi connectivity index (χ2n) is 9.31. The Hall–Kier alpha value is -3.87. The van der Waals surface area contributed by atoms with Crippen LogP contribution in [0.2, 0.25) is 0 Å². The van der Waals surface area contributed by atoms with Crippen molar-refractivity contribution in [1.29, 1.82) is 0 Å². The number of benzene rings is 3. The topological polar surface area (TPSA) is 59.4 Å². The third kappa shape index (κ3) is 6.71. The molecule has 38 heavy (non-hydrogen) atoms. The molecule has 1 aromatic heterocycles. The van der Waals surface area contributed by atoms with Crippen LogP contribution in [0.5, 0.6) is 5.75 Å². The molecule has 0 bridgehead atoms. The Bertz CT molecular complexity index is 1380. The summed E-state index contributed by atoms with van der Waals surface area (Å²) in [5.41, 5.74) is 2.05. The molecule has 0 atom stereocenters. The van der Waals surface area contributed by atoms with E-state index in [1.165, 1.54) is 44.2 Å². The van der Waals surface area contributed by atoms with Gasteiger partial charge in [-0.2, -0.15) is 13.2 Å². The lowest BCUT2D eigenvalue weighted by molar-refractivity contribution is -0.137. The number of carboxylic acids is 1. The molecule has 1 heterocycles. The molecule has 0 saturated heterocycles. The molecule has 4 rings (SSSR count). The van der Waals surface area contributed by atoms with Crippen molar-refractivity contribution < 1.29 is 27.8 Å². The third-order valence-corrected chi connectivity index (χ3v) is 6.50. The fraction of sp³-hybridized carbons (Fsp3) is 0.290. The lowest BCUT2D eigenvalue weighted by atomic mass is 10.00. The molecule has 0 aliphatic rings. The molecule has 0 aliphatic heterocycles. The average molecular weight is 522 g/mol. The van der Waals surface area contributed by atoms with Gasteiger partial charge in [0, 0.05) is 10.9 Å². The first-order chi connectivity index (χ1) is 18.3. The molecule has 198 valence electrons. The van der Waals surface area contributed by atoms with Gasteiger partial charge in [0.05, 0.1) is 28.9 Å². The van der Waals surface area contributed by atoms with Crippen molar-refractivity contribution in [2.24, 2.45) is 0 Å². The highest BCUT2D eigenvalue weighted by Crippen LogP contribution is 2.34. The summed E-state index contributed by atoms with van der Waals surface area (Å²) in [4.78, 5) is 16.3.